The minimum atomic E-state index is -5.58. The predicted octanol–water partition coefficient (Wildman–Crippen LogP) is 16.2. The molecule has 8 spiro atoms. The van der Waals surface area contributed by atoms with Crippen molar-refractivity contribution in [3.63, 3.8) is 0 Å². The van der Waals surface area contributed by atoms with Crippen LogP contribution in [0, 0.1) is 0 Å². The largest absolute Gasteiger partial charge is 0.534 e. The van der Waals surface area contributed by atoms with Crippen LogP contribution in [0.5, 0.6) is 17.2 Å². The molecule has 9 fully saturated rings. The first-order valence-corrected chi connectivity index (χ1v) is 41.9. The van der Waals surface area contributed by atoms with Gasteiger partial charge in [0, 0.05) is 137 Å². The fraction of sp³-hybridized carbons (Fsp3) is 0.646. The number of rotatable bonds is 7. The number of allylic oxidation sites excluding steroid dienone is 1. The van der Waals surface area contributed by atoms with Gasteiger partial charge in [-0.3, -0.25) is 9.59 Å². The number of halogens is 13. The highest BCUT2D eigenvalue weighted by Gasteiger charge is 2.53. The molecule has 0 unspecified atom stereocenters. The summed E-state index contributed by atoms with van der Waals surface area (Å²) in [5.41, 5.74) is -3.32. The summed E-state index contributed by atoms with van der Waals surface area (Å²) in [6, 6.07) is 10.9. The molecule has 8 aliphatic heterocycles. The molecule has 119 heavy (non-hydrogen) atoms. The molecule has 1 N–H and O–H groups in total. The maximum Gasteiger partial charge on any atom is 0.534 e. The van der Waals surface area contributed by atoms with E-state index in [1.54, 1.807) is 6.07 Å². The van der Waals surface area contributed by atoms with Crippen molar-refractivity contribution in [2.75, 3.05) is 113 Å². The summed E-state index contributed by atoms with van der Waals surface area (Å²) >= 11 is 3.22. The molecule has 3 saturated carbocycles. The minimum absolute atomic E-state index is 0.0231. The fourth-order valence-electron chi connectivity index (χ4n) is 16.7. The van der Waals surface area contributed by atoms with Crippen molar-refractivity contribution in [2.24, 2.45) is 0 Å². The van der Waals surface area contributed by atoms with Gasteiger partial charge in [0.05, 0.1) is 127 Å². The Morgan fingerprint density at radius 2 is 0.798 bits per heavy atom. The van der Waals surface area contributed by atoms with Crippen molar-refractivity contribution in [1.82, 2.24) is 0 Å². The molecule has 0 atom stereocenters. The molecule has 0 amide bonds. The van der Waals surface area contributed by atoms with Gasteiger partial charge in [-0.15, -0.1) is 0 Å². The summed E-state index contributed by atoms with van der Waals surface area (Å²) in [4.78, 5) is 33.4. The lowest BCUT2D eigenvalue weighted by Crippen LogP contribution is -2.42. The van der Waals surface area contributed by atoms with Crippen LogP contribution in [0.1, 0.15) is 182 Å². The van der Waals surface area contributed by atoms with E-state index in [1.807, 2.05) is 18.2 Å². The Labute approximate surface area is 688 Å². The Morgan fingerprint density at radius 3 is 1.18 bits per heavy atom. The fourth-order valence-corrected chi connectivity index (χ4v) is 17.6. The number of Topliss-reactive ketones (excluding diaryl/α,β-unsaturated/α-hetero) is 2. The van der Waals surface area contributed by atoms with E-state index in [-0.39, 0.29) is 78.1 Å². The second-order valence-corrected chi connectivity index (χ2v) is 33.7. The summed E-state index contributed by atoms with van der Waals surface area (Å²) in [5.74, 6) is -1.95. The Morgan fingerprint density at radius 1 is 0.437 bits per heavy atom. The molecule has 0 aromatic heterocycles. The number of benzene rings is 3. The third-order valence-corrected chi connectivity index (χ3v) is 25.3. The molecule has 23 nitrogen and oxygen atoms in total. The molecule has 37 heteroatoms. The molecule has 6 saturated heterocycles. The zero-order chi connectivity index (χ0) is 85.2. The summed E-state index contributed by atoms with van der Waals surface area (Å²) in [6.45, 7) is 8.67. The monoisotopic (exact) mass is 1790 g/mol. The van der Waals surface area contributed by atoms with E-state index < -0.39 is 74.0 Å². The Hall–Kier alpha value is -6.30. The number of methoxy groups -OCH3 is 1. The normalized spacial score (nSPS) is 24.2. The molecule has 7 aliphatic carbocycles. The van der Waals surface area contributed by atoms with Crippen LogP contribution in [-0.4, -0.2) is 184 Å². The van der Waals surface area contributed by atoms with Crippen molar-refractivity contribution in [3.8, 4) is 17.2 Å². The zero-order valence-corrected chi connectivity index (χ0v) is 67.9. The number of esters is 1. The lowest BCUT2D eigenvalue weighted by Gasteiger charge is -2.40. The Balaban J connectivity index is 0.000000129. The first-order chi connectivity index (χ1) is 56.4. The van der Waals surface area contributed by atoms with Crippen molar-refractivity contribution in [1.29, 1.82) is 0 Å². The SMILES string of the molecule is COC(=O)C1=CCC2(CC1)OCCO2.FC(F)(F)c1ccc(Br)c(OCC2=CCC3(CC2)OCCO3)c1.FC(F)(F)c1ccc2c(c1)OCC21CCC2(CC1)OCCO2.O=C1CCC2(CC1)COc1cc(C(F)(F)F)ccc12.O=C1CCC2(CC1)OCCO2.O=S(=O)(OC1=CCC2(CC1)OCCO2)C(F)(F)F.OCC1=CCC2(CC1)OCCO2. The number of hydrogen-bond donors (Lipinski definition) is 1. The lowest BCUT2D eigenvalue weighted by molar-refractivity contribution is -0.185. The molecule has 0 bridgehead atoms. The molecule has 660 valence electrons. The quantitative estimate of drug-likeness (QED) is 0.0757. The van der Waals surface area contributed by atoms with Crippen LogP contribution in [-0.2, 0) is 120 Å². The van der Waals surface area contributed by atoms with Gasteiger partial charge in [0.1, 0.15) is 41.2 Å². The van der Waals surface area contributed by atoms with Gasteiger partial charge < -0.3 is 85.1 Å². The van der Waals surface area contributed by atoms with Crippen molar-refractivity contribution < 1.29 is 161 Å². The number of aliphatic hydroxyl groups is 1. The molecular weight excluding hydrogens is 1690 g/mol. The number of alkyl halides is 12. The highest BCUT2D eigenvalue weighted by Crippen LogP contribution is 2.54. The van der Waals surface area contributed by atoms with Crippen LogP contribution in [0.3, 0.4) is 0 Å². The highest BCUT2D eigenvalue weighted by molar-refractivity contribution is 9.10. The maximum atomic E-state index is 12.8. The smallest absolute Gasteiger partial charge is 0.492 e. The van der Waals surface area contributed by atoms with Gasteiger partial charge in [-0.05, 0) is 121 Å². The molecule has 8 heterocycles. The number of ether oxygens (including phenoxy) is 16. The summed E-state index contributed by atoms with van der Waals surface area (Å²) < 4.78 is 265. The Bertz CT molecular complexity index is 4240. The average molecular weight is 1790 g/mol. The molecule has 0 radical (unpaired) electrons. The van der Waals surface area contributed by atoms with E-state index in [4.69, 9.17) is 76.2 Å². The van der Waals surface area contributed by atoms with Gasteiger partial charge >= 0.3 is 40.1 Å². The number of hydrogen-bond acceptors (Lipinski definition) is 23. The zero-order valence-electron chi connectivity index (χ0n) is 65.5. The maximum absolute atomic E-state index is 12.8. The first kappa shape index (κ1) is 91.9. The van der Waals surface area contributed by atoms with E-state index >= 15 is 0 Å². The number of ketones is 2. The van der Waals surface area contributed by atoms with E-state index in [1.165, 1.54) is 25.3 Å². The molecular formula is C82H97BrF12O23S. The molecule has 3 aromatic rings. The lowest BCUT2D eigenvalue weighted by atomic mass is 9.69. The van der Waals surface area contributed by atoms with E-state index in [9.17, 15) is 75.5 Å². The van der Waals surface area contributed by atoms with Crippen molar-refractivity contribution in [3.05, 3.63) is 134 Å². The standard InChI is InChI=1S/C16H16BrF3O3.C16H17F3O3.C14H13F3O2.C10H14O4.C9H11F3O5S.C9H14O3.C8H12O3/c17-13-2-1-12(16(18,19)20)9-14(13)21-10-11-3-5-15(6-4-11)22-7-8-23-15;17-16(18,19)11-1-2-12-13(9-11)20-10-14(12)3-5-15(6-4-14)21-7-8-22-15;15-14(16,17)9-1-2-11-12(7-9)19-8-13(11)5-3-10(18)4-6-13;1-12-9(11)8-2-4-10(5-3-8)13-6-7-14-10;10-9(11,12)18(13,14)17-7-1-3-8(4-2-7)15-5-6-16-8;10-7-8-1-3-9(4-2-8)11-5-6-12-9;9-7-1-3-8(4-2-7)10-5-6-11-8/h1-3,9H,4-8,10H2;1-2,9H,3-8,10H2;1-2,7H,3-6,8H2;2H,3-7H2,1H3;1H,2-6H2;1,10H,2-7H2;1-6H2. The van der Waals surface area contributed by atoms with Crippen molar-refractivity contribution >= 4 is 43.6 Å². The van der Waals surface area contributed by atoms with Crippen LogP contribution < -0.4 is 14.2 Å². The van der Waals surface area contributed by atoms with Crippen LogP contribution in [0.4, 0.5) is 52.7 Å². The van der Waals surface area contributed by atoms with Gasteiger partial charge in [0.15, 0.2) is 34.7 Å². The summed E-state index contributed by atoms with van der Waals surface area (Å²) in [6.07, 6.45) is 9.57. The predicted molar refractivity (Wildman–Crippen MR) is 398 cm³/mol. The molecule has 18 rings (SSSR count). The van der Waals surface area contributed by atoms with E-state index in [0.29, 0.717) is 172 Å². The van der Waals surface area contributed by atoms with Crippen LogP contribution in [0.2, 0.25) is 0 Å². The number of carbonyl (C=O) groups excluding carboxylic acids is 3. The first-order valence-electron chi connectivity index (χ1n) is 39.7. The van der Waals surface area contributed by atoms with Gasteiger partial charge in [-0.2, -0.15) is 61.1 Å². The molecule has 15 aliphatic rings. The topological polar surface area (TPSA) is 262 Å². The number of fused-ring (bicyclic) bond motifs is 4. The number of aliphatic hydroxyl groups excluding tert-OH is 1. The molecule has 3 aromatic carbocycles. The second kappa shape index (κ2) is 38.0. The van der Waals surface area contributed by atoms with E-state index in [0.717, 1.165) is 141 Å². The van der Waals surface area contributed by atoms with Crippen LogP contribution >= 0.6 is 15.9 Å². The summed E-state index contributed by atoms with van der Waals surface area (Å²) in [7, 11) is -4.18. The average Bonchev–Trinajstić information content (AvgIpc) is 1.61. The van der Waals surface area contributed by atoms with Gasteiger partial charge in [0.2, 0.25) is 0 Å². The second-order valence-electron chi connectivity index (χ2n) is 31.3. The third kappa shape index (κ3) is 23.0. The Kier molecular flexibility index (Phi) is 29.4. The van der Waals surface area contributed by atoms with Crippen LogP contribution in [0.15, 0.2) is 106 Å². The number of carbonyl (C=O) groups is 3. The minimum Gasteiger partial charge on any atom is -0.492 e. The van der Waals surface area contributed by atoms with Gasteiger partial charge in [0.25, 0.3) is 0 Å². The van der Waals surface area contributed by atoms with Gasteiger partial charge in [-0.25, -0.2) is 4.79 Å². The van der Waals surface area contributed by atoms with Gasteiger partial charge in [-0.1, -0.05) is 30.4 Å². The highest BCUT2D eigenvalue weighted by atomic mass is 79.9. The van der Waals surface area contributed by atoms with E-state index in [2.05, 4.69) is 24.8 Å². The summed E-state index contributed by atoms with van der Waals surface area (Å²) in [5, 5.41) is 8.87. The third-order valence-electron chi connectivity index (χ3n) is 23.7. The van der Waals surface area contributed by atoms with Crippen molar-refractivity contribution in [2.45, 2.75) is 224 Å². The van der Waals surface area contributed by atoms with Crippen LogP contribution in [0.25, 0.3) is 0 Å².